The number of aromatic nitrogens is 11. The fourth-order valence-electron chi connectivity index (χ4n) is 5.71. The predicted molar refractivity (Wildman–Crippen MR) is 217 cm³/mol. The Kier molecular flexibility index (Phi) is 11.7. The van der Waals surface area contributed by atoms with Crippen LogP contribution >= 0.6 is 12.0 Å². The molecule has 0 radical (unpaired) electrons. The second kappa shape index (κ2) is 17.1. The second-order valence-electron chi connectivity index (χ2n) is 12.9. The Morgan fingerprint density at radius 1 is 0.703 bits per heavy atom. The Morgan fingerprint density at radius 2 is 1.22 bits per heavy atom. The number of carboxylic acid groups (broad SMARTS) is 3. The van der Waals surface area contributed by atoms with E-state index in [9.17, 15) is 43.2 Å². The van der Waals surface area contributed by atoms with Gasteiger partial charge < -0.3 is 31.9 Å². The van der Waals surface area contributed by atoms with E-state index in [1.807, 2.05) is 0 Å². The van der Waals surface area contributed by atoms with Gasteiger partial charge in [-0.05, 0) is 50.2 Å². The third-order valence-corrected chi connectivity index (χ3v) is 10.4. The van der Waals surface area contributed by atoms with Crippen LogP contribution in [-0.4, -0.2) is 114 Å². The molecule has 30 heteroatoms. The first-order valence-electron chi connectivity index (χ1n) is 17.5. The van der Waals surface area contributed by atoms with Crippen molar-refractivity contribution in [1.82, 2.24) is 54.1 Å². The SMILES string of the molecule is COOSc1cnn(-c2cccc(C(=O)O)c2)c1N=Nc1c(C)nn(-c2nc(O)nc(-n3nc(C)c(N=Nc4c(S(C)(=O)=O)cnn4-c4cc(C(=O)O)cc(C(=O)O)c4)c3N)n2)c1N. The van der Waals surface area contributed by atoms with Gasteiger partial charge in [-0.1, -0.05) is 6.07 Å². The number of aromatic hydroxyl groups is 1. The minimum Gasteiger partial charge on any atom is -0.479 e. The molecule has 0 aliphatic rings. The fourth-order valence-corrected chi connectivity index (χ4v) is 6.84. The van der Waals surface area contributed by atoms with Gasteiger partial charge in [-0.15, -0.1) is 20.5 Å². The number of carboxylic acids is 3. The summed E-state index contributed by atoms with van der Waals surface area (Å²) in [6, 6.07) is 8.10. The number of nitrogen functional groups attached to an aromatic ring is 2. The van der Waals surface area contributed by atoms with E-state index >= 15 is 0 Å². The summed E-state index contributed by atoms with van der Waals surface area (Å²) in [5, 5.41) is 73.1. The van der Waals surface area contributed by atoms with Crippen molar-refractivity contribution in [1.29, 1.82) is 0 Å². The molecule has 5 aromatic heterocycles. The first-order valence-corrected chi connectivity index (χ1v) is 20.2. The van der Waals surface area contributed by atoms with Crippen molar-refractivity contribution in [3.8, 4) is 29.3 Å². The van der Waals surface area contributed by atoms with Gasteiger partial charge in [-0.2, -0.15) is 49.0 Å². The Bertz CT molecular complexity index is 3180. The van der Waals surface area contributed by atoms with E-state index in [1.165, 1.54) is 43.1 Å². The summed E-state index contributed by atoms with van der Waals surface area (Å²) in [5.41, 5.74) is 12.4. The molecule has 2 aromatic carbocycles. The molecule has 28 nitrogen and oxygen atoms in total. The number of nitrogens with two attached hydrogens (primary N) is 2. The van der Waals surface area contributed by atoms with Gasteiger partial charge in [0.05, 0.1) is 71.0 Å². The number of sulfone groups is 1. The van der Waals surface area contributed by atoms with Crippen LogP contribution in [0, 0.1) is 13.8 Å². The molecule has 64 heavy (non-hydrogen) atoms. The van der Waals surface area contributed by atoms with Gasteiger partial charge in [0.25, 0.3) is 11.9 Å². The summed E-state index contributed by atoms with van der Waals surface area (Å²) < 4.78 is 34.7. The lowest BCUT2D eigenvalue weighted by molar-refractivity contribution is -0.160. The van der Waals surface area contributed by atoms with Crippen LogP contribution in [0.25, 0.3) is 23.3 Å². The van der Waals surface area contributed by atoms with Crippen LogP contribution in [0.2, 0.25) is 0 Å². The highest BCUT2D eigenvalue weighted by atomic mass is 32.2. The molecule has 7 aromatic rings. The molecule has 5 heterocycles. The van der Waals surface area contributed by atoms with Gasteiger partial charge >= 0.3 is 23.9 Å². The van der Waals surface area contributed by atoms with Crippen molar-refractivity contribution in [2.45, 2.75) is 23.6 Å². The summed E-state index contributed by atoms with van der Waals surface area (Å²) in [5.74, 6) is -5.60. The summed E-state index contributed by atoms with van der Waals surface area (Å²) in [6.07, 6.45) is 3.18. The maximum atomic E-state index is 12.8. The maximum absolute atomic E-state index is 12.8. The van der Waals surface area contributed by atoms with Crippen LogP contribution in [-0.2, 0) is 19.1 Å². The van der Waals surface area contributed by atoms with Gasteiger partial charge in [-0.25, -0.2) is 37.1 Å². The van der Waals surface area contributed by atoms with Crippen molar-refractivity contribution in [3.05, 3.63) is 82.9 Å². The average molecular weight is 916 g/mol. The van der Waals surface area contributed by atoms with Gasteiger partial charge in [0, 0.05) is 6.26 Å². The number of aryl methyl sites for hydroxylation is 2. The molecule has 0 fully saturated rings. The molecule has 0 saturated carbocycles. The number of rotatable bonds is 15. The van der Waals surface area contributed by atoms with Crippen LogP contribution in [0.5, 0.6) is 6.01 Å². The number of hydrogen-bond donors (Lipinski definition) is 6. The number of nitrogens with zero attached hydrogens (tertiary/aromatic N) is 15. The summed E-state index contributed by atoms with van der Waals surface area (Å²) >= 11 is 0.752. The third kappa shape index (κ3) is 8.53. The lowest BCUT2D eigenvalue weighted by Gasteiger charge is -2.08. The number of azo groups is 2. The zero-order chi connectivity index (χ0) is 46.2. The molecular weight excluding hydrogens is 887 g/mol. The Balaban J connectivity index is 1.25. The van der Waals surface area contributed by atoms with Crippen molar-refractivity contribution >= 4 is 74.4 Å². The topological polar surface area (TPSA) is 396 Å². The Hall–Kier alpha value is -8.48. The summed E-state index contributed by atoms with van der Waals surface area (Å²) in [7, 11) is -2.77. The zero-order valence-corrected chi connectivity index (χ0v) is 34.7. The number of hydrogen-bond acceptors (Lipinski definition) is 22. The van der Waals surface area contributed by atoms with E-state index in [0.29, 0.717) is 10.6 Å². The summed E-state index contributed by atoms with van der Waals surface area (Å²) in [6.45, 7) is 3.00. The lowest BCUT2D eigenvalue weighted by Crippen LogP contribution is -2.13. The monoisotopic (exact) mass is 915 g/mol. The minimum atomic E-state index is -4.06. The van der Waals surface area contributed by atoms with Gasteiger partial charge in [0.15, 0.2) is 44.5 Å². The number of carbonyl (C=O) groups is 3. The zero-order valence-electron chi connectivity index (χ0n) is 33.0. The molecule has 0 saturated heterocycles. The average Bonchev–Trinajstić information content (AvgIpc) is 4.01. The van der Waals surface area contributed by atoms with E-state index in [1.54, 1.807) is 13.0 Å². The quantitative estimate of drug-likeness (QED) is 0.0366. The third-order valence-electron chi connectivity index (χ3n) is 8.60. The maximum Gasteiger partial charge on any atom is 0.335 e. The minimum absolute atomic E-state index is 0.0135. The molecule has 0 unspecified atom stereocenters. The molecule has 0 amide bonds. The van der Waals surface area contributed by atoms with E-state index in [-0.39, 0.29) is 63.4 Å². The van der Waals surface area contributed by atoms with E-state index in [4.69, 9.17) is 20.7 Å². The Morgan fingerprint density at radius 3 is 1.75 bits per heavy atom. The lowest BCUT2D eigenvalue weighted by atomic mass is 10.1. The number of benzene rings is 2. The Labute approximate surface area is 361 Å². The van der Waals surface area contributed by atoms with Crippen molar-refractivity contribution in [2.24, 2.45) is 20.5 Å². The second-order valence-corrected chi connectivity index (χ2v) is 15.6. The number of aromatic carboxylic acids is 3. The normalized spacial score (nSPS) is 11.9. The van der Waals surface area contributed by atoms with Crippen molar-refractivity contribution < 1.29 is 52.4 Å². The summed E-state index contributed by atoms with van der Waals surface area (Å²) in [4.78, 5) is 52.0. The van der Waals surface area contributed by atoms with Gasteiger partial charge in [0.1, 0.15) is 9.79 Å². The molecule has 0 spiro atoms. The molecule has 7 rings (SSSR count). The first-order chi connectivity index (χ1) is 30.4. The molecule has 0 bridgehead atoms. The highest BCUT2D eigenvalue weighted by Crippen LogP contribution is 2.37. The van der Waals surface area contributed by atoms with Gasteiger partial charge in [0.2, 0.25) is 0 Å². The van der Waals surface area contributed by atoms with Crippen LogP contribution in [0.4, 0.5) is 34.6 Å². The molecule has 328 valence electrons. The van der Waals surface area contributed by atoms with Crippen LogP contribution in [0.15, 0.2) is 85.1 Å². The molecule has 0 atom stereocenters. The van der Waals surface area contributed by atoms with E-state index in [0.717, 1.165) is 56.7 Å². The molecule has 8 N–H and O–H groups in total. The van der Waals surface area contributed by atoms with Gasteiger partial charge in [-0.3, -0.25) is 0 Å². The van der Waals surface area contributed by atoms with Crippen LogP contribution in [0.3, 0.4) is 0 Å². The fraction of sp³-hybridized carbons (Fsp3) is 0.118. The van der Waals surface area contributed by atoms with Crippen molar-refractivity contribution in [2.75, 3.05) is 24.8 Å². The van der Waals surface area contributed by atoms with E-state index in [2.05, 4.69) is 55.8 Å². The largest absolute Gasteiger partial charge is 0.479 e. The molecule has 0 aliphatic carbocycles. The standard InChI is InChI=1S/C34H29N17O11S2/c1-14-23(42-44-27-21(63-62-61-3)12-37-48(27)19-7-5-6-16(9-19)29(52)53)25(35)50(46-14)32-39-33(41-34(58)40-32)51-26(36)24(15(2)47-51)43-45-28-22(64(4,59)60)13-38-49(28)20-10-17(30(54)55)8-18(11-20)31(56)57/h5-13H,35-36H2,1-4H3,(H,52,53)(H,54,55)(H,56,57)(H,39,40,41,58). The molecular formula is C34H29N17O11S2. The highest BCUT2D eigenvalue weighted by Gasteiger charge is 2.25. The molecule has 0 aliphatic heterocycles. The van der Waals surface area contributed by atoms with Crippen molar-refractivity contribution in [3.63, 3.8) is 0 Å². The smallest absolute Gasteiger partial charge is 0.335 e. The number of anilines is 2. The van der Waals surface area contributed by atoms with Crippen LogP contribution in [0.1, 0.15) is 42.5 Å². The van der Waals surface area contributed by atoms with Crippen LogP contribution < -0.4 is 11.5 Å². The highest BCUT2D eigenvalue weighted by molar-refractivity contribution is 7.94. The van der Waals surface area contributed by atoms with E-state index < -0.39 is 55.6 Å². The predicted octanol–water partition coefficient (Wildman–Crippen LogP) is 4.02. The first kappa shape index (κ1) is 43.6.